The molecule has 0 spiro atoms. The summed E-state index contributed by atoms with van der Waals surface area (Å²) in [6.45, 7) is 2.17. The van der Waals surface area contributed by atoms with Crippen LogP contribution in [-0.2, 0) is 9.59 Å². The van der Waals surface area contributed by atoms with Crippen molar-refractivity contribution in [3.8, 4) is 5.75 Å². The Morgan fingerprint density at radius 1 is 0.875 bits per heavy atom. The molecule has 0 radical (unpaired) electrons. The maximum atomic E-state index is 13.8. The largest absolute Gasteiger partial charge is 0.492 e. The van der Waals surface area contributed by atoms with Gasteiger partial charge in [0, 0.05) is 6.07 Å². The number of carbonyl (C=O) groups is 2. The van der Waals surface area contributed by atoms with Gasteiger partial charge in [0.15, 0.2) is 11.6 Å². The fourth-order valence-electron chi connectivity index (χ4n) is 3.37. The van der Waals surface area contributed by atoms with E-state index in [1.165, 1.54) is 12.1 Å². The molecule has 32 heavy (non-hydrogen) atoms. The molecule has 1 aliphatic rings. The van der Waals surface area contributed by atoms with E-state index < -0.39 is 29.3 Å². The number of hydrogen-bond donors (Lipinski definition) is 1. The van der Waals surface area contributed by atoms with Crippen molar-refractivity contribution in [1.29, 1.82) is 0 Å². The Balaban J connectivity index is 1.83. The van der Waals surface area contributed by atoms with Crippen LogP contribution in [0.3, 0.4) is 0 Å². The van der Waals surface area contributed by atoms with Crippen LogP contribution in [0.15, 0.2) is 72.4 Å². The lowest BCUT2D eigenvalue weighted by Crippen LogP contribution is -2.32. The van der Waals surface area contributed by atoms with Gasteiger partial charge in [-0.15, -0.1) is 0 Å². The Morgan fingerprint density at radius 3 is 2.28 bits per heavy atom. The molecule has 1 N–H and O–H groups in total. The number of ether oxygens (including phenoxy) is 1. The zero-order chi connectivity index (χ0) is 22.8. The summed E-state index contributed by atoms with van der Waals surface area (Å²) in [6, 6.07) is 14.6. The Kier molecular flexibility index (Phi) is 5.68. The summed E-state index contributed by atoms with van der Waals surface area (Å²) in [7, 11) is 0. The lowest BCUT2D eigenvalue weighted by molar-refractivity contribution is -0.120. The number of anilines is 2. The molecule has 1 aliphatic heterocycles. The van der Waals surface area contributed by atoms with E-state index in [0.717, 1.165) is 35.2 Å². The van der Waals surface area contributed by atoms with Gasteiger partial charge in [0.05, 0.1) is 23.6 Å². The minimum atomic E-state index is -1.20. The molecule has 2 amide bonds. The predicted octanol–water partition coefficient (Wildman–Crippen LogP) is 4.90. The smallest absolute Gasteiger partial charge is 0.282 e. The maximum Gasteiger partial charge on any atom is 0.282 e. The highest BCUT2D eigenvalue weighted by Crippen LogP contribution is 2.36. The molecule has 0 atom stereocenters. The van der Waals surface area contributed by atoms with E-state index in [2.05, 4.69) is 5.32 Å². The van der Waals surface area contributed by atoms with Crippen molar-refractivity contribution in [1.82, 2.24) is 0 Å². The molecule has 162 valence electrons. The van der Waals surface area contributed by atoms with Crippen LogP contribution >= 0.6 is 0 Å². The lowest BCUT2D eigenvalue weighted by Gasteiger charge is -2.16. The van der Waals surface area contributed by atoms with Crippen LogP contribution in [0.1, 0.15) is 12.5 Å². The van der Waals surface area contributed by atoms with Gasteiger partial charge in [-0.2, -0.15) is 0 Å². The number of carbonyl (C=O) groups excluding carboxylic acids is 2. The normalized spacial score (nSPS) is 13.7. The van der Waals surface area contributed by atoms with Crippen LogP contribution in [-0.4, -0.2) is 18.4 Å². The van der Waals surface area contributed by atoms with Crippen LogP contribution < -0.4 is 15.0 Å². The third-order valence-corrected chi connectivity index (χ3v) is 4.82. The summed E-state index contributed by atoms with van der Waals surface area (Å²) < 4.78 is 46.3. The first-order valence-electron chi connectivity index (χ1n) is 9.73. The molecule has 3 aromatic carbocycles. The number of imide groups is 1. The van der Waals surface area contributed by atoms with Crippen molar-refractivity contribution in [3.05, 3.63) is 95.4 Å². The van der Waals surface area contributed by atoms with Crippen molar-refractivity contribution in [2.75, 3.05) is 16.8 Å². The zero-order valence-corrected chi connectivity index (χ0v) is 16.9. The molecule has 4 rings (SSSR count). The first-order valence-corrected chi connectivity index (χ1v) is 9.73. The second-order valence-electron chi connectivity index (χ2n) is 6.86. The number of halogens is 3. The number of nitrogens with one attached hydrogen (secondary N) is 1. The Hall–Kier alpha value is -4.07. The number of nitrogens with zero attached hydrogens (tertiary/aromatic N) is 1. The van der Waals surface area contributed by atoms with Crippen LogP contribution in [0.25, 0.3) is 5.57 Å². The molecule has 0 fully saturated rings. The van der Waals surface area contributed by atoms with Gasteiger partial charge in [0.1, 0.15) is 17.3 Å². The van der Waals surface area contributed by atoms with E-state index in [0.29, 0.717) is 18.0 Å². The highest BCUT2D eigenvalue weighted by molar-refractivity contribution is 6.46. The Bertz CT molecular complexity index is 1240. The molecule has 8 heteroatoms. The van der Waals surface area contributed by atoms with E-state index in [1.807, 2.05) is 0 Å². The molecule has 5 nitrogen and oxygen atoms in total. The average Bonchev–Trinajstić information content (AvgIpc) is 3.02. The first kappa shape index (κ1) is 21.2. The second kappa shape index (κ2) is 8.58. The molecule has 0 aromatic heterocycles. The minimum absolute atomic E-state index is 0.0361. The quantitative estimate of drug-likeness (QED) is 0.557. The Morgan fingerprint density at radius 2 is 1.59 bits per heavy atom. The van der Waals surface area contributed by atoms with E-state index >= 15 is 0 Å². The van der Waals surface area contributed by atoms with Crippen molar-refractivity contribution >= 4 is 28.8 Å². The van der Waals surface area contributed by atoms with Crippen LogP contribution in [0.4, 0.5) is 24.5 Å². The first-order chi connectivity index (χ1) is 15.4. The highest BCUT2D eigenvalue weighted by atomic mass is 19.2. The molecular formula is C24H17F3N2O3. The third kappa shape index (κ3) is 3.82. The molecule has 0 aliphatic carbocycles. The standard InChI is InChI=1S/C24H17F3N2O3/c1-2-32-20-6-4-3-5-19(20)28-22-21(14-7-9-15(25)10-8-14)23(30)29(24(22)31)16-11-12-17(26)18(27)13-16/h3-13,28H,2H2,1H3. The third-order valence-electron chi connectivity index (χ3n) is 4.82. The fraction of sp³-hybridized carbons (Fsp3) is 0.0833. The van der Waals surface area contributed by atoms with Crippen molar-refractivity contribution in [3.63, 3.8) is 0 Å². The monoisotopic (exact) mass is 438 g/mol. The summed E-state index contributed by atoms with van der Waals surface area (Å²) in [5, 5.41) is 2.94. The summed E-state index contributed by atoms with van der Waals surface area (Å²) in [6.07, 6.45) is 0. The van der Waals surface area contributed by atoms with Crippen molar-refractivity contribution in [2.45, 2.75) is 6.92 Å². The number of para-hydroxylation sites is 2. The van der Waals surface area contributed by atoms with Gasteiger partial charge in [0.25, 0.3) is 11.8 Å². The van der Waals surface area contributed by atoms with Gasteiger partial charge in [0.2, 0.25) is 0 Å². The van der Waals surface area contributed by atoms with Crippen molar-refractivity contribution in [2.24, 2.45) is 0 Å². The number of amides is 2. The van der Waals surface area contributed by atoms with Crippen LogP contribution in [0.5, 0.6) is 5.75 Å². The second-order valence-corrected chi connectivity index (χ2v) is 6.86. The predicted molar refractivity (Wildman–Crippen MR) is 113 cm³/mol. The Labute approximate surface area is 181 Å². The van der Waals surface area contributed by atoms with Gasteiger partial charge < -0.3 is 10.1 Å². The number of rotatable bonds is 6. The van der Waals surface area contributed by atoms with Gasteiger partial charge >= 0.3 is 0 Å². The molecule has 1 heterocycles. The summed E-state index contributed by atoms with van der Waals surface area (Å²) >= 11 is 0. The average molecular weight is 438 g/mol. The minimum Gasteiger partial charge on any atom is -0.492 e. The van der Waals surface area contributed by atoms with Crippen LogP contribution in [0, 0.1) is 17.5 Å². The summed E-state index contributed by atoms with van der Waals surface area (Å²) in [5.41, 5.74) is 0.446. The highest BCUT2D eigenvalue weighted by Gasteiger charge is 2.40. The van der Waals surface area contributed by atoms with Gasteiger partial charge in [-0.3, -0.25) is 9.59 Å². The SMILES string of the molecule is CCOc1ccccc1NC1=C(c2ccc(F)cc2)C(=O)N(c2ccc(F)c(F)c2)C1=O. The lowest BCUT2D eigenvalue weighted by atomic mass is 10.0. The van der Waals surface area contributed by atoms with Crippen LogP contribution in [0.2, 0.25) is 0 Å². The zero-order valence-electron chi connectivity index (χ0n) is 16.9. The maximum absolute atomic E-state index is 13.8. The van der Waals surface area contributed by atoms with E-state index in [9.17, 15) is 22.8 Å². The summed E-state index contributed by atoms with van der Waals surface area (Å²) in [5.74, 6) is -3.90. The number of benzene rings is 3. The molecule has 0 bridgehead atoms. The molecule has 0 unspecified atom stereocenters. The van der Waals surface area contributed by atoms with Crippen molar-refractivity contribution < 1.29 is 27.5 Å². The van der Waals surface area contributed by atoms with Gasteiger partial charge in [-0.05, 0) is 48.9 Å². The van der Waals surface area contributed by atoms with Gasteiger partial charge in [-0.1, -0.05) is 24.3 Å². The molecule has 0 saturated heterocycles. The fourth-order valence-corrected chi connectivity index (χ4v) is 3.37. The van der Waals surface area contributed by atoms with E-state index in [1.54, 1.807) is 31.2 Å². The molecule has 0 saturated carbocycles. The number of hydrogen-bond acceptors (Lipinski definition) is 4. The van der Waals surface area contributed by atoms with E-state index in [4.69, 9.17) is 4.74 Å². The molecular weight excluding hydrogens is 421 g/mol. The van der Waals surface area contributed by atoms with Gasteiger partial charge in [-0.25, -0.2) is 18.1 Å². The van der Waals surface area contributed by atoms with E-state index in [-0.39, 0.29) is 22.5 Å². The molecule has 3 aromatic rings. The summed E-state index contributed by atoms with van der Waals surface area (Å²) in [4.78, 5) is 27.3. The topological polar surface area (TPSA) is 58.6 Å².